The third kappa shape index (κ3) is 3.99. The van der Waals surface area contributed by atoms with Crippen molar-refractivity contribution in [2.24, 2.45) is 14.1 Å². The van der Waals surface area contributed by atoms with Gasteiger partial charge in [0.15, 0.2) is 5.65 Å². The lowest BCUT2D eigenvalue weighted by Crippen LogP contribution is -2.36. The number of quaternary nitrogens is 1. The van der Waals surface area contributed by atoms with Gasteiger partial charge in [-0.15, -0.1) is 0 Å². The molecule has 8 heteroatoms. The van der Waals surface area contributed by atoms with Crippen molar-refractivity contribution in [3.63, 3.8) is 0 Å². The van der Waals surface area contributed by atoms with Gasteiger partial charge in [0.25, 0.3) is 0 Å². The SMILES string of the molecule is C[N+](C)(C)CCO.Cn1cnc2c1c(=S)[nH]c(=O)n2C. The average molecular weight is 300 g/mol. The van der Waals surface area contributed by atoms with Crippen molar-refractivity contribution in [1.82, 2.24) is 19.1 Å². The molecule has 0 aromatic carbocycles. The van der Waals surface area contributed by atoms with Crippen LogP contribution in [0.2, 0.25) is 0 Å². The van der Waals surface area contributed by atoms with Crippen LogP contribution in [0.3, 0.4) is 0 Å². The lowest BCUT2D eigenvalue weighted by molar-refractivity contribution is -0.870. The summed E-state index contributed by atoms with van der Waals surface area (Å²) in [5.41, 5.74) is 1.14. The first-order chi connectivity index (χ1) is 9.17. The zero-order valence-electron chi connectivity index (χ0n) is 12.5. The summed E-state index contributed by atoms with van der Waals surface area (Å²) in [6, 6.07) is 0. The molecular weight excluding hydrogens is 278 g/mol. The molecule has 0 saturated carbocycles. The standard InChI is InChI=1S/C7H8N4OS.C5H14NO/c1-10-3-8-5-4(10)6(13)9-7(12)11(5)2;1-6(2,3)4-5-7/h3H,1-2H3,(H,9,12,13);7H,4-5H2,1-3H3/q;+1. The van der Waals surface area contributed by atoms with Crippen molar-refractivity contribution in [3.05, 3.63) is 21.5 Å². The second-order valence-corrected chi connectivity index (χ2v) is 5.99. The van der Waals surface area contributed by atoms with Crippen LogP contribution in [0.5, 0.6) is 0 Å². The molecule has 20 heavy (non-hydrogen) atoms. The number of fused-ring (bicyclic) bond motifs is 1. The number of imidazole rings is 1. The van der Waals surface area contributed by atoms with Crippen molar-refractivity contribution in [2.45, 2.75) is 0 Å². The molecule has 7 nitrogen and oxygen atoms in total. The number of aromatic nitrogens is 4. The highest BCUT2D eigenvalue weighted by Gasteiger charge is 2.05. The summed E-state index contributed by atoms with van der Waals surface area (Å²) in [7, 11) is 9.65. The monoisotopic (exact) mass is 300 g/mol. The van der Waals surface area contributed by atoms with Gasteiger partial charge in [-0.05, 0) is 0 Å². The fourth-order valence-corrected chi connectivity index (χ4v) is 1.88. The second kappa shape index (κ2) is 6.29. The van der Waals surface area contributed by atoms with Crippen molar-refractivity contribution in [1.29, 1.82) is 0 Å². The van der Waals surface area contributed by atoms with Crippen LogP contribution in [-0.2, 0) is 14.1 Å². The van der Waals surface area contributed by atoms with Crippen molar-refractivity contribution >= 4 is 23.4 Å². The molecule has 2 aromatic rings. The number of hydrogen-bond acceptors (Lipinski definition) is 4. The van der Waals surface area contributed by atoms with Gasteiger partial charge in [-0.25, -0.2) is 9.78 Å². The van der Waals surface area contributed by atoms with Crippen molar-refractivity contribution < 1.29 is 9.59 Å². The molecule has 0 saturated heterocycles. The molecule has 0 fully saturated rings. The molecule has 0 aliphatic carbocycles. The van der Waals surface area contributed by atoms with Gasteiger partial charge in [0.05, 0.1) is 34.1 Å². The lowest BCUT2D eigenvalue weighted by atomic mass is 10.5. The minimum Gasteiger partial charge on any atom is -0.391 e. The Bertz CT molecular complexity index is 692. The first-order valence-electron chi connectivity index (χ1n) is 6.19. The van der Waals surface area contributed by atoms with E-state index in [4.69, 9.17) is 17.3 Å². The molecule has 0 aliphatic rings. The normalized spacial score (nSPS) is 11.3. The van der Waals surface area contributed by atoms with Crippen LogP contribution in [0.25, 0.3) is 11.2 Å². The van der Waals surface area contributed by atoms with Gasteiger partial charge in [-0.1, -0.05) is 12.2 Å². The maximum atomic E-state index is 11.3. The maximum Gasteiger partial charge on any atom is 0.327 e. The molecule has 0 atom stereocenters. The Balaban J connectivity index is 0.000000246. The van der Waals surface area contributed by atoms with Gasteiger partial charge in [0.1, 0.15) is 16.7 Å². The third-order valence-corrected chi connectivity index (χ3v) is 3.04. The summed E-state index contributed by atoms with van der Waals surface area (Å²) in [6.45, 7) is 1.11. The zero-order valence-corrected chi connectivity index (χ0v) is 13.4. The summed E-state index contributed by atoms with van der Waals surface area (Å²) >= 11 is 5.01. The molecule has 0 aliphatic heterocycles. The minimum absolute atomic E-state index is 0.240. The Morgan fingerprint density at radius 3 is 2.45 bits per heavy atom. The fourth-order valence-electron chi connectivity index (χ4n) is 1.56. The van der Waals surface area contributed by atoms with E-state index in [-0.39, 0.29) is 12.3 Å². The lowest BCUT2D eigenvalue weighted by Gasteiger charge is -2.21. The highest BCUT2D eigenvalue weighted by Crippen LogP contribution is 2.07. The number of rotatable bonds is 2. The average Bonchev–Trinajstić information content (AvgIpc) is 2.68. The first kappa shape index (κ1) is 16.5. The molecule has 2 heterocycles. The first-order valence-corrected chi connectivity index (χ1v) is 6.60. The van der Waals surface area contributed by atoms with E-state index in [2.05, 4.69) is 31.1 Å². The molecule has 0 bridgehead atoms. The zero-order chi connectivity index (χ0) is 15.5. The number of aromatic amines is 1. The number of aliphatic hydroxyl groups excluding tert-OH is 1. The third-order valence-electron chi connectivity index (χ3n) is 2.75. The summed E-state index contributed by atoms with van der Waals surface area (Å²) in [5.74, 6) is 0. The van der Waals surface area contributed by atoms with E-state index in [0.717, 1.165) is 16.5 Å². The van der Waals surface area contributed by atoms with Gasteiger partial charge in [-0.2, -0.15) is 0 Å². The van der Waals surface area contributed by atoms with Crippen LogP contribution in [0.15, 0.2) is 11.1 Å². The number of nitrogens with zero attached hydrogens (tertiary/aromatic N) is 4. The number of likely N-dealkylation sites (N-methyl/N-ethyl adjacent to an activating group) is 1. The van der Waals surface area contributed by atoms with Crippen LogP contribution >= 0.6 is 12.2 Å². The predicted molar refractivity (Wildman–Crippen MR) is 81.1 cm³/mol. The summed E-state index contributed by atoms with van der Waals surface area (Å²) in [5, 5.41) is 8.39. The number of hydrogen-bond donors (Lipinski definition) is 2. The Hall–Kier alpha value is -1.51. The predicted octanol–water partition coefficient (Wildman–Crippen LogP) is 0.0145. The van der Waals surface area contributed by atoms with Gasteiger partial charge in [-0.3, -0.25) is 9.55 Å². The van der Waals surface area contributed by atoms with Gasteiger partial charge >= 0.3 is 5.69 Å². The second-order valence-electron chi connectivity index (χ2n) is 5.58. The topological polar surface area (TPSA) is 75.8 Å². The maximum absolute atomic E-state index is 11.3. The molecule has 0 spiro atoms. The van der Waals surface area contributed by atoms with Crippen LogP contribution in [0.4, 0.5) is 0 Å². The molecule has 0 amide bonds. The summed E-state index contributed by atoms with van der Waals surface area (Å²) in [6.07, 6.45) is 1.63. The number of aliphatic hydroxyl groups is 1. The van der Waals surface area contributed by atoms with E-state index in [1.54, 1.807) is 17.9 Å². The molecule has 0 radical (unpaired) electrons. The van der Waals surface area contributed by atoms with Crippen LogP contribution in [-0.4, -0.2) is 63.0 Å². The van der Waals surface area contributed by atoms with E-state index in [0.29, 0.717) is 10.3 Å². The number of nitrogens with one attached hydrogen (secondary N) is 1. The van der Waals surface area contributed by atoms with Crippen LogP contribution in [0.1, 0.15) is 0 Å². The fraction of sp³-hybridized carbons (Fsp3) is 0.583. The van der Waals surface area contributed by atoms with E-state index >= 15 is 0 Å². The molecule has 2 rings (SSSR count). The van der Waals surface area contributed by atoms with E-state index in [1.165, 1.54) is 4.57 Å². The smallest absolute Gasteiger partial charge is 0.327 e. The molecule has 2 aromatic heterocycles. The molecular formula is C12H22N5O2S+. The van der Waals surface area contributed by atoms with Crippen LogP contribution < -0.4 is 5.69 Å². The van der Waals surface area contributed by atoms with Gasteiger partial charge < -0.3 is 14.2 Å². The highest BCUT2D eigenvalue weighted by molar-refractivity contribution is 7.71. The quantitative estimate of drug-likeness (QED) is 0.605. The Morgan fingerprint density at radius 2 is 2.00 bits per heavy atom. The largest absolute Gasteiger partial charge is 0.391 e. The van der Waals surface area contributed by atoms with Crippen LogP contribution in [0, 0.1) is 4.64 Å². The number of H-pyrrole nitrogens is 1. The Morgan fingerprint density at radius 1 is 1.40 bits per heavy atom. The molecule has 112 valence electrons. The van der Waals surface area contributed by atoms with E-state index in [9.17, 15) is 4.79 Å². The van der Waals surface area contributed by atoms with E-state index in [1.807, 2.05) is 7.05 Å². The number of aryl methyl sites for hydroxylation is 2. The highest BCUT2D eigenvalue weighted by atomic mass is 32.1. The Labute approximate surface area is 122 Å². The Kier molecular flexibility index (Phi) is 5.21. The van der Waals surface area contributed by atoms with Crippen molar-refractivity contribution in [2.75, 3.05) is 34.3 Å². The summed E-state index contributed by atoms with van der Waals surface area (Å²) < 4.78 is 4.49. The molecule has 0 unspecified atom stereocenters. The summed E-state index contributed by atoms with van der Waals surface area (Å²) in [4.78, 5) is 17.9. The molecule has 2 N–H and O–H groups in total. The minimum atomic E-state index is -0.240. The van der Waals surface area contributed by atoms with E-state index < -0.39 is 0 Å². The van der Waals surface area contributed by atoms with Gasteiger partial charge in [0, 0.05) is 14.1 Å². The van der Waals surface area contributed by atoms with Crippen molar-refractivity contribution in [3.8, 4) is 0 Å². The van der Waals surface area contributed by atoms with Gasteiger partial charge in [0.2, 0.25) is 0 Å².